The number of aromatic nitrogens is 2. The minimum atomic E-state index is -0.567. The standard InChI is InChI=1S/C12H8Cl2N2O2/c1-18-12(17)9-6-15-11(16-10(9)14)7-2-4-8(13)5-3-7/h2-6H,1H3. The van der Waals surface area contributed by atoms with Crippen LogP contribution in [-0.4, -0.2) is 23.0 Å². The summed E-state index contributed by atoms with van der Waals surface area (Å²) in [6.45, 7) is 0. The maximum atomic E-state index is 11.3. The summed E-state index contributed by atoms with van der Waals surface area (Å²) >= 11 is 11.7. The van der Waals surface area contributed by atoms with Crippen molar-refractivity contribution in [1.82, 2.24) is 9.97 Å². The van der Waals surface area contributed by atoms with Crippen molar-refractivity contribution >= 4 is 29.2 Å². The molecule has 0 saturated heterocycles. The van der Waals surface area contributed by atoms with Crippen LogP contribution in [-0.2, 0) is 4.74 Å². The van der Waals surface area contributed by atoms with Crippen molar-refractivity contribution in [1.29, 1.82) is 0 Å². The van der Waals surface area contributed by atoms with Crippen molar-refractivity contribution in [2.45, 2.75) is 0 Å². The van der Waals surface area contributed by atoms with Crippen molar-refractivity contribution in [3.63, 3.8) is 0 Å². The Bertz CT molecular complexity index is 585. The lowest BCUT2D eigenvalue weighted by molar-refractivity contribution is 0.0600. The number of halogens is 2. The summed E-state index contributed by atoms with van der Waals surface area (Å²) in [5.74, 6) is -0.146. The molecule has 0 aliphatic carbocycles. The van der Waals surface area contributed by atoms with Gasteiger partial charge in [0, 0.05) is 16.8 Å². The zero-order valence-electron chi connectivity index (χ0n) is 9.35. The van der Waals surface area contributed by atoms with Crippen LogP contribution in [0.2, 0.25) is 10.2 Å². The quantitative estimate of drug-likeness (QED) is 0.627. The van der Waals surface area contributed by atoms with E-state index in [1.54, 1.807) is 24.3 Å². The molecule has 0 bridgehead atoms. The van der Waals surface area contributed by atoms with E-state index in [0.717, 1.165) is 5.56 Å². The fourth-order valence-corrected chi connectivity index (χ4v) is 1.68. The molecule has 1 aromatic carbocycles. The molecule has 0 spiro atoms. The average molecular weight is 283 g/mol. The van der Waals surface area contributed by atoms with Gasteiger partial charge in [0.1, 0.15) is 10.7 Å². The smallest absolute Gasteiger partial charge is 0.342 e. The number of methoxy groups -OCH3 is 1. The molecule has 92 valence electrons. The number of carbonyl (C=O) groups is 1. The van der Waals surface area contributed by atoms with Gasteiger partial charge in [0.15, 0.2) is 5.82 Å². The summed E-state index contributed by atoms with van der Waals surface area (Å²) in [4.78, 5) is 19.4. The van der Waals surface area contributed by atoms with E-state index in [1.807, 2.05) is 0 Å². The normalized spacial score (nSPS) is 10.2. The third-order valence-electron chi connectivity index (χ3n) is 2.25. The van der Waals surface area contributed by atoms with Crippen LogP contribution in [0.3, 0.4) is 0 Å². The van der Waals surface area contributed by atoms with E-state index in [2.05, 4.69) is 14.7 Å². The van der Waals surface area contributed by atoms with Crippen LogP contribution < -0.4 is 0 Å². The lowest BCUT2D eigenvalue weighted by atomic mass is 10.2. The summed E-state index contributed by atoms with van der Waals surface area (Å²) in [6.07, 6.45) is 1.34. The molecule has 0 N–H and O–H groups in total. The lowest BCUT2D eigenvalue weighted by Crippen LogP contribution is -2.05. The molecule has 1 heterocycles. The van der Waals surface area contributed by atoms with Gasteiger partial charge in [-0.1, -0.05) is 23.2 Å². The van der Waals surface area contributed by atoms with Crippen LogP contribution in [0.5, 0.6) is 0 Å². The maximum Gasteiger partial charge on any atom is 0.342 e. The maximum absolute atomic E-state index is 11.3. The van der Waals surface area contributed by atoms with E-state index in [-0.39, 0.29) is 10.7 Å². The Morgan fingerprint density at radius 2 is 1.89 bits per heavy atom. The molecule has 2 rings (SSSR count). The number of nitrogens with zero attached hydrogens (tertiary/aromatic N) is 2. The molecule has 2 aromatic rings. The van der Waals surface area contributed by atoms with Gasteiger partial charge >= 0.3 is 5.97 Å². The highest BCUT2D eigenvalue weighted by molar-refractivity contribution is 6.32. The summed E-state index contributed by atoms with van der Waals surface area (Å²) in [6, 6.07) is 6.99. The van der Waals surface area contributed by atoms with Crippen LogP contribution in [0, 0.1) is 0 Å². The van der Waals surface area contributed by atoms with E-state index in [0.29, 0.717) is 10.8 Å². The van der Waals surface area contributed by atoms with Crippen LogP contribution in [0.1, 0.15) is 10.4 Å². The Labute approximate surface area is 114 Å². The Morgan fingerprint density at radius 1 is 1.22 bits per heavy atom. The van der Waals surface area contributed by atoms with E-state index in [1.165, 1.54) is 13.3 Å². The number of hydrogen-bond donors (Lipinski definition) is 0. The topological polar surface area (TPSA) is 52.1 Å². The molecule has 0 fully saturated rings. The zero-order chi connectivity index (χ0) is 13.1. The largest absolute Gasteiger partial charge is 0.465 e. The molecule has 0 aliphatic heterocycles. The zero-order valence-corrected chi connectivity index (χ0v) is 10.9. The van der Waals surface area contributed by atoms with Gasteiger partial charge < -0.3 is 4.74 Å². The second-order valence-electron chi connectivity index (χ2n) is 3.40. The molecule has 0 aliphatic rings. The first kappa shape index (κ1) is 12.8. The molecule has 0 amide bonds. The first-order chi connectivity index (χ1) is 8.61. The minimum absolute atomic E-state index is 0.0572. The predicted octanol–water partition coefficient (Wildman–Crippen LogP) is 3.24. The van der Waals surface area contributed by atoms with Gasteiger partial charge in [0.25, 0.3) is 0 Å². The van der Waals surface area contributed by atoms with Gasteiger partial charge in [0.05, 0.1) is 7.11 Å². The highest BCUT2D eigenvalue weighted by Crippen LogP contribution is 2.21. The number of hydrogen-bond acceptors (Lipinski definition) is 4. The lowest BCUT2D eigenvalue weighted by Gasteiger charge is -2.04. The molecule has 0 radical (unpaired) electrons. The highest BCUT2D eigenvalue weighted by atomic mass is 35.5. The Balaban J connectivity index is 2.40. The Morgan fingerprint density at radius 3 is 2.44 bits per heavy atom. The van der Waals surface area contributed by atoms with Gasteiger partial charge in [-0.05, 0) is 24.3 Å². The average Bonchev–Trinajstić information content (AvgIpc) is 2.38. The molecule has 4 nitrogen and oxygen atoms in total. The van der Waals surface area contributed by atoms with Crippen LogP contribution in [0.4, 0.5) is 0 Å². The summed E-state index contributed by atoms with van der Waals surface area (Å²) in [5, 5.41) is 0.679. The Hall–Kier alpha value is -1.65. The van der Waals surface area contributed by atoms with Gasteiger partial charge in [-0.3, -0.25) is 0 Å². The summed E-state index contributed by atoms with van der Waals surface area (Å²) in [5.41, 5.74) is 0.898. The SMILES string of the molecule is COC(=O)c1cnc(-c2ccc(Cl)cc2)nc1Cl. The number of rotatable bonds is 2. The van der Waals surface area contributed by atoms with E-state index >= 15 is 0 Å². The second kappa shape index (κ2) is 5.33. The third-order valence-corrected chi connectivity index (χ3v) is 2.79. The molecule has 0 atom stereocenters. The summed E-state index contributed by atoms with van der Waals surface area (Å²) < 4.78 is 4.56. The van der Waals surface area contributed by atoms with Crippen LogP contribution in [0.25, 0.3) is 11.4 Å². The van der Waals surface area contributed by atoms with Gasteiger partial charge in [-0.2, -0.15) is 0 Å². The fourth-order valence-electron chi connectivity index (χ4n) is 1.35. The predicted molar refractivity (Wildman–Crippen MR) is 68.8 cm³/mol. The monoisotopic (exact) mass is 282 g/mol. The molecule has 18 heavy (non-hydrogen) atoms. The number of ether oxygens (including phenoxy) is 1. The van der Waals surface area contributed by atoms with Crippen molar-refractivity contribution < 1.29 is 9.53 Å². The number of carbonyl (C=O) groups excluding carboxylic acids is 1. The summed E-state index contributed by atoms with van der Waals surface area (Å²) in [7, 11) is 1.27. The molecular formula is C12H8Cl2N2O2. The highest BCUT2D eigenvalue weighted by Gasteiger charge is 2.14. The van der Waals surface area contributed by atoms with Gasteiger partial charge in [0.2, 0.25) is 0 Å². The van der Waals surface area contributed by atoms with Crippen molar-refractivity contribution in [2.24, 2.45) is 0 Å². The van der Waals surface area contributed by atoms with Gasteiger partial charge in [-0.15, -0.1) is 0 Å². The first-order valence-corrected chi connectivity index (χ1v) is 5.74. The van der Waals surface area contributed by atoms with Crippen molar-refractivity contribution in [3.8, 4) is 11.4 Å². The first-order valence-electron chi connectivity index (χ1n) is 4.98. The third kappa shape index (κ3) is 2.60. The van der Waals surface area contributed by atoms with Crippen LogP contribution >= 0.6 is 23.2 Å². The van der Waals surface area contributed by atoms with Gasteiger partial charge in [-0.25, -0.2) is 14.8 Å². The second-order valence-corrected chi connectivity index (χ2v) is 4.19. The molecule has 1 aromatic heterocycles. The molecule has 0 unspecified atom stereocenters. The Kier molecular flexibility index (Phi) is 3.79. The van der Waals surface area contributed by atoms with E-state index < -0.39 is 5.97 Å². The van der Waals surface area contributed by atoms with Crippen molar-refractivity contribution in [3.05, 3.63) is 46.2 Å². The van der Waals surface area contributed by atoms with E-state index in [9.17, 15) is 4.79 Å². The minimum Gasteiger partial charge on any atom is -0.465 e. The van der Waals surface area contributed by atoms with Crippen LogP contribution in [0.15, 0.2) is 30.5 Å². The van der Waals surface area contributed by atoms with Crippen molar-refractivity contribution in [2.75, 3.05) is 7.11 Å². The molecule has 6 heteroatoms. The fraction of sp³-hybridized carbons (Fsp3) is 0.0833. The number of benzene rings is 1. The van der Waals surface area contributed by atoms with E-state index in [4.69, 9.17) is 23.2 Å². The molecule has 0 saturated carbocycles. The molecular weight excluding hydrogens is 275 g/mol. The number of esters is 1.